The van der Waals surface area contributed by atoms with Crippen LogP contribution in [0.1, 0.15) is 16.8 Å². The van der Waals surface area contributed by atoms with Crippen LogP contribution in [-0.4, -0.2) is 69.3 Å². The first kappa shape index (κ1) is 22.4. The zero-order valence-electron chi connectivity index (χ0n) is 17.7. The number of primary amides is 1. The van der Waals surface area contributed by atoms with Crippen molar-refractivity contribution in [3.8, 4) is 0 Å². The van der Waals surface area contributed by atoms with Gasteiger partial charge >= 0.3 is 0 Å². The molecule has 9 heteroatoms. The Morgan fingerprint density at radius 3 is 2.60 bits per heavy atom. The minimum absolute atomic E-state index is 0.0117. The third-order valence-corrected chi connectivity index (χ3v) is 5.91. The molecule has 7 nitrogen and oxygen atoms in total. The smallest absolute Gasteiger partial charge is 0.265 e. The van der Waals surface area contributed by atoms with Crippen LogP contribution in [0.4, 0.5) is 21.7 Å². The number of quaternary nitrogens is 1. The molecule has 1 amide bonds. The Kier molecular flexibility index (Phi) is 6.62. The predicted molar refractivity (Wildman–Crippen MR) is 118 cm³/mol. The summed E-state index contributed by atoms with van der Waals surface area (Å²) in [6.45, 7) is 1.17. The number of carbonyl (C=O) groups excluding carboxylic acids is 1. The molecule has 3 N–H and O–H groups in total. The van der Waals surface area contributed by atoms with Gasteiger partial charge in [0.15, 0.2) is 0 Å². The molecule has 2 atom stereocenters. The van der Waals surface area contributed by atoms with E-state index in [0.29, 0.717) is 23.9 Å². The molecule has 0 saturated carbocycles. The fourth-order valence-electron chi connectivity index (χ4n) is 3.95. The fraction of sp³-hybridized carbons (Fsp3) is 0.429. The molecule has 0 spiro atoms. The summed E-state index contributed by atoms with van der Waals surface area (Å²) in [4.78, 5) is 18.6. The second-order valence-electron chi connectivity index (χ2n) is 8.19. The van der Waals surface area contributed by atoms with Crippen molar-refractivity contribution in [2.45, 2.75) is 18.5 Å². The number of pyridine rings is 1. The van der Waals surface area contributed by atoms with E-state index in [4.69, 9.17) is 22.1 Å². The summed E-state index contributed by atoms with van der Waals surface area (Å²) in [6, 6.07) is 8.23. The van der Waals surface area contributed by atoms with Crippen LogP contribution in [0.15, 0.2) is 30.3 Å². The zero-order valence-corrected chi connectivity index (χ0v) is 18.4. The van der Waals surface area contributed by atoms with E-state index in [9.17, 15) is 4.79 Å². The van der Waals surface area contributed by atoms with Gasteiger partial charge in [0.25, 0.3) is 11.7 Å². The van der Waals surface area contributed by atoms with Crippen molar-refractivity contribution in [2.24, 2.45) is 5.73 Å². The van der Waals surface area contributed by atoms with Crippen LogP contribution in [0.25, 0.3) is 0 Å². The lowest BCUT2D eigenvalue weighted by Gasteiger charge is -2.45. The molecule has 1 aliphatic rings. The fourth-order valence-corrected chi connectivity index (χ4v) is 4.08. The van der Waals surface area contributed by atoms with E-state index >= 15 is 4.39 Å². The van der Waals surface area contributed by atoms with E-state index in [1.54, 1.807) is 24.3 Å². The van der Waals surface area contributed by atoms with Crippen LogP contribution < -0.4 is 15.5 Å². The summed E-state index contributed by atoms with van der Waals surface area (Å²) >= 11 is 5.94. The Morgan fingerprint density at radius 2 is 2.00 bits per heavy atom. The predicted octanol–water partition coefficient (Wildman–Crippen LogP) is 3.00. The molecular weight excluding hydrogens is 409 g/mol. The number of likely N-dealkylation sites (N-methyl/N-ethyl adjacent to an activating group) is 2. The quantitative estimate of drug-likeness (QED) is 0.680. The normalized spacial score (nSPS) is 19.7. The first-order chi connectivity index (χ1) is 14.1. The van der Waals surface area contributed by atoms with E-state index in [1.807, 2.05) is 28.2 Å². The van der Waals surface area contributed by atoms with Crippen molar-refractivity contribution in [2.75, 3.05) is 46.7 Å². The molecule has 1 aromatic carbocycles. The van der Waals surface area contributed by atoms with E-state index in [2.05, 4.69) is 15.2 Å². The van der Waals surface area contributed by atoms with Gasteiger partial charge in [0, 0.05) is 17.1 Å². The highest BCUT2D eigenvalue weighted by Crippen LogP contribution is 2.33. The maximum absolute atomic E-state index is 15.2. The van der Waals surface area contributed by atoms with Crippen molar-refractivity contribution in [3.05, 3.63) is 46.7 Å². The molecule has 2 unspecified atom stereocenters. The number of aromatic nitrogens is 1. The van der Waals surface area contributed by atoms with Crippen molar-refractivity contribution < 1.29 is 13.9 Å². The molecule has 1 aromatic heterocycles. The van der Waals surface area contributed by atoms with Gasteiger partial charge in [0.2, 0.25) is 5.82 Å². The number of hydrogen-bond acceptors (Lipinski definition) is 5. The molecule has 162 valence electrons. The molecule has 1 aliphatic heterocycles. The lowest BCUT2D eigenvalue weighted by atomic mass is 9.98. The maximum atomic E-state index is 15.2. The van der Waals surface area contributed by atoms with Gasteiger partial charge in [-0.1, -0.05) is 11.6 Å². The van der Waals surface area contributed by atoms with Gasteiger partial charge in [-0.2, -0.15) is 9.37 Å². The number of halogens is 2. The Morgan fingerprint density at radius 1 is 1.33 bits per heavy atom. The topological polar surface area (TPSA) is 80.5 Å². The summed E-state index contributed by atoms with van der Waals surface area (Å²) in [5, 5.41) is 3.65. The number of ether oxygens (including phenoxy) is 1. The number of nitrogens with zero attached hydrogens (tertiary/aromatic N) is 3. The molecule has 0 bridgehead atoms. The molecule has 2 heterocycles. The number of carbonyl (C=O) groups is 1. The number of anilines is 2. The molecule has 1 saturated heterocycles. The van der Waals surface area contributed by atoms with E-state index in [0.717, 1.165) is 12.5 Å². The van der Waals surface area contributed by atoms with Crippen molar-refractivity contribution in [1.82, 2.24) is 14.4 Å². The molecule has 30 heavy (non-hydrogen) atoms. The highest BCUT2D eigenvalue weighted by atomic mass is 35.5. The standard InChI is InChI=1S/C21H27ClFN5O2/c1-27(2)17-12-30-10-9-18(17)28(3,4)21-16(23)11-15(19(24)29)20(26-21)25-14-7-5-13(22)6-8-14/h5-8,11,17-18H,9-10,12H2,1-4H3,(H2-,24,25,26,29)/p+1. The van der Waals surface area contributed by atoms with Crippen LogP contribution in [0, 0.1) is 5.82 Å². The maximum Gasteiger partial charge on any atom is 0.265 e. The van der Waals surface area contributed by atoms with Crippen molar-refractivity contribution >= 4 is 34.8 Å². The molecular formula is C21H28ClFN5O2+. The largest absolute Gasteiger partial charge is 0.379 e. The zero-order chi connectivity index (χ0) is 22.1. The monoisotopic (exact) mass is 436 g/mol. The number of nitrogens with two attached hydrogens (primary N) is 1. The Labute approximate surface area is 181 Å². The summed E-state index contributed by atoms with van der Waals surface area (Å²) in [6.07, 6.45) is 0.758. The van der Waals surface area contributed by atoms with Crippen LogP contribution in [0.3, 0.4) is 0 Å². The van der Waals surface area contributed by atoms with E-state index < -0.39 is 11.7 Å². The van der Waals surface area contributed by atoms with Crippen LogP contribution >= 0.6 is 11.6 Å². The van der Waals surface area contributed by atoms with Gasteiger partial charge in [-0.3, -0.25) is 14.2 Å². The summed E-state index contributed by atoms with van der Waals surface area (Å²) in [5.74, 6) is -0.887. The number of nitrogens with one attached hydrogen (secondary N) is 1. The van der Waals surface area contributed by atoms with Gasteiger partial charge < -0.3 is 15.8 Å². The first-order valence-corrected chi connectivity index (χ1v) is 10.1. The molecule has 1 fully saturated rings. The number of rotatable bonds is 6. The van der Waals surface area contributed by atoms with Gasteiger partial charge in [-0.25, -0.2) is 0 Å². The second kappa shape index (κ2) is 8.85. The number of amides is 1. The number of hydrogen-bond donors (Lipinski definition) is 2. The van der Waals surface area contributed by atoms with Crippen LogP contribution in [-0.2, 0) is 4.74 Å². The lowest BCUT2D eigenvalue weighted by Crippen LogP contribution is -2.63. The molecule has 0 radical (unpaired) electrons. The lowest BCUT2D eigenvalue weighted by molar-refractivity contribution is -0.0128. The highest BCUT2D eigenvalue weighted by Gasteiger charge is 2.43. The minimum atomic E-state index is -0.757. The molecule has 3 rings (SSSR count). The average molecular weight is 437 g/mol. The highest BCUT2D eigenvalue weighted by molar-refractivity contribution is 6.30. The van der Waals surface area contributed by atoms with Crippen molar-refractivity contribution in [1.29, 1.82) is 0 Å². The summed E-state index contributed by atoms with van der Waals surface area (Å²) < 4.78 is 21.0. The van der Waals surface area contributed by atoms with Gasteiger partial charge in [0.05, 0.1) is 38.9 Å². The van der Waals surface area contributed by atoms with Gasteiger partial charge in [-0.15, -0.1) is 0 Å². The second-order valence-corrected chi connectivity index (χ2v) is 8.62. The first-order valence-electron chi connectivity index (χ1n) is 9.72. The van der Waals surface area contributed by atoms with E-state index in [1.165, 1.54) is 0 Å². The molecule has 2 aromatic rings. The van der Waals surface area contributed by atoms with Crippen molar-refractivity contribution in [3.63, 3.8) is 0 Å². The molecule has 0 aliphatic carbocycles. The minimum Gasteiger partial charge on any atom is -0.379 e. The van der Waals surface area contributed by atoms with Crippen LogP contribution in [0.2, 0.25) is 5.02 Å². The Bertz CT molecular complexity index is 920. The summed E-state index contributed by atoms with van der Waals surface area (Å²) in [7, 11) is 7.82. The summed E-state index contributed by atoms with van der Waals surface area (Å²) in [5.41, 5.74) is 6.14. The third-order valence-electron chi connectivity index (χ3n) is 5.66. The third kappa shape index (κ3) is 4.57. The SMILES string of the molecule is CN(C)C1COCCC1[N+](C)(C)c1nc(Nc2ccc(Cl)cc2)c(C(N)=O)cc1F. The van der Waals surface area contributed by atoms with E-state index in [-0.39, 0.29) is 33.8 Å². The number of benzene rings is 1. The Hall–Kier alpha value is -2.26. The van der Waals surface area contributed by atoms with Gasteiger partial charge in [-0.05, 0) is 44.4 Å². The van der Waals surface area contributed by atoms with Gasteiger partial charge in [0.1, 0.15) is 11.9 Å². The van der Waals surface area contributed by atoms with Crippen LogP contribution in [0.5, 0.6) is 0 Å². The Balaban J connectivity index is 2.05. The average Bonchev–Trinajstić information content (AvgIpc) is 2.70.